The number of rotatable bonds is 2. The molecule has 0 aromatic carbocycles. The standard InChI is InChI=1S/C17H22N6O/c1-11-7-16(22-9-12(2)24-13(3)10-22)23-15(19-11)8-14(20-23)17-18-5-6-21(17)4/h5-8,12-13H,9-10H2,1-4H3. The maximum absolute atomic E-state index is 5.86. The number of ether oxygens (including phenoxy) is 1. The van der Waals surface area contributed by atoms with Crippen molar-refractivity contribution in [3.05, 3.63) is 30.2 Å². The van der Waals surface area contributed by atoms with Crippen LogP contribution in [0.2, 0.25) is 0 Å². The fourth-order valence-electron chi connectivity index (χ4n) is 3.39. The van der Waals surface area contributed by atoms with Crippen molar-refractivity contribution in [2.75, 3.05) is 18.0 Å². The van der Waals surface area contributed by atoms with Crippen LogP contribution < -0.4 is 4.90 Å². The van der Waals surface area contributed by atoms with Gasteiger partial charge >= 0.3 is 0 Å². The van der Waals surface area contributed by atoms with Crippen LogP contribution in [0.25, 0.3) is 17.2 Å². The van der Waals surface area contributed by atoms with E-state index in [9.17, 15) is 0 Å². The fraction of sp³-hybridized carbons (Fsp3) is 0.471. The first kappa shape index (κ1) is 15.1. The Balaban J connectivity index is 1.83. The van der Waals surface area contributed by atoms with E-state index in [1.807, 2.05) is 35.3 Å². The molecule has 7 heteroatoms. The molecule has 1 aliphatic heterocycles. The minimum atomic E-state index is 0.196. The Morgan fingerprint density at radius 1 is 1.17 bits per heavy atom. The summed E-state index contributed by atoms with van der Waals surface area (Å²) in [6.07, 6.45) is 4.10. The molecule has 7 nitrogen and oxygen atoms in total. The molecule has 0 radical (unpaired) electrons. The molecule has 1 aliphatic rings. The van der Waals surface area contributed by atoms with Crippen LogP contribution >= 0.6 is 0 Å². The molecule has 0 aliphatic carbocycles. The molecular formula is C17H22N6O. The van der Waals surface area contributed by atoms with E-state index in [4.69, 9.17) is 9.84 Å². The Morgan fingerprint density at radius 2 is 1.92 bits per heavy atom. The highest BCUT2D eigenvalue weighted by molar-refractivity contribution is 5.61. The largest absolute Gasteiger partial charge is 0.372 e. The number of nitrogens with zero attached hydrogens (tertiary/aromatic N) is 6. The maximum atomic E-state index is 5.86. The molecule has 1 saturated heterocycles. The van der Waals surface area contributed by atoms with Crippen LogP contribution in [0.3, 0.4) is 0 Å². The van der Waals surface area contributed by atoms with Gasteiger partial charge in [0.2, 0.25) is 0 Å². The van der Waals surface area contributed by atoms with Crippen LogP contribution in [0.15, 0.2) is 24.5 Å². The van der Waals surface area contributed by atoms with Gasteiger partial charge in [0.05, 0.1) is 12.2 Å². The van der Waals surface area contributed by atoms with Crippen LogP contribution in [0.4, 0.5) is 5.82 Å². The van der Waals surface area contributed by atoms with Gasteiger partial charge in [0.15, 0.2) is 11.5 Å². The highest BCUT2D eigenvalue weighted by Gasteiger charge is 2.25. The van der Waals surface area contributed by atoms with Gasteiger partial charge in [0.1, 0.15) is 11.5 Å². The number of anilines is 1. The SMILES string of the molecule is Cc1cc(N2CC(C)OC(C)C2)n2nc(-c3nccn3C)cc2n1. The normalized spacial score (nSPS) is 21.6. The number of hydrogen-bond donors (Lipinski definition) is 0. The third-order valence-electron chi connectivity index (χ3n) is 4.33. The van der Waals surface area contributed by atoms with Gasteiger partial charge in [-0.25, -0.2) is 9.97 Å². The number of imidazole rings is 1. The second-order valence-electron chi connectivity index (χ2n) is 6.58. The summed E-state index contributed by atoms with van der Waals surface area (Å²) in [6, 6.07) is 4.08. The van der Waals surface area contributed by atoms with Gasteiger partial charge in [-0.3, -0.25) is 0 Å². The number of morpholine rings is 1. The van der Waals surface area contributed by atoms with Crippen LogP contribution in [-0.2, 0) is 11.8 Å². The van der Waals surface area contributed by atoms with Gasteiger partial charge in [-0.15, -0.1) is 0 Å². The molecule has 4 heterocycles. The lowest BCUT2D eigenvalue weighted by molar-refractivity contribution is -0.00557. The monoisotopic (exact) mass is 326 g/mol. The number of fused-ring (bicyclic) bond motifs is 1. The van der Waals surface area contributed by atoms with Crippen molar-refractivity contribution in [3.63, 3.8) is 0 Å². The average molecular weight is 326 g/mol. The summed E-state index contributed by atoms with van der Waals surface area (Å²) >= 11 is 0. The van der Waals surface area contributed by atoms with E-state index in [1.165, 1.54) is 0 Å². The Labute approximate surface area is 140 Å². The lowest BCUT2D eigenvalue weighted by atomic mass is 10.2. The minimum absolute atomic E-state index is 0.196. The highest BCUT2D eigenvalue weighted by atomic mass is 16.5. The van der Waals surface area contributed by atoms with E-state index in [1.54, 1.807) is 6.20 Å². The third-order valence-corrected chi connectivity index (χ3v) is 4.33. The summed E-state index contributed by atoms with van der Waals surface area (Å²) in [5, 5.41) is 4.77. The van der Waals surface area contributed by atoms with Gasteiger partial charge < -0.3 is 14.2 Å². The summed E-state index contributed by atoms with van der Waals surface area (Å²) in [5.74, 6) is 1.90. The number of aromatic nitrogens is 5. The number of aryl methyl sites for hydroxylation is 2. The Bertz CT molecular complexity index is 872. The molecule has 1 fully saturated rings. The van der Waals surface area contributed by atoms with Crippen molar-refractivity contribution in [3.8, 4) is 11.5 Å². The van der Waals surface area contributed by atoms with Gasteiger partial charge in [-0.2, -0.15) is 9.61 Å². The van der Waals surface area contributed by atoms with Crippen molar-refractivity contribution in [2.24, 2.45) is 7.05 Å². The van der Waals surface area contributed by atoms with Crippen LogP contribution in [0.5, 0.6) is 0 Å². The van der Waals surface area contributed by atoms with E-state index in [0.29, 0.717) is 0 Å². The van der Waals surface area contributed by atoms with Crippen molar-refractivity contribution in [1.29, 1.82) is 0 Å². The quantitative estimate of drug-likeness (QED) is 0.721. The highest BCUT2D eigenvalue weighted by Crippen LogP contribution is 2.25. The van der Waals surface area contributed by atoms with Gasteiger partial charge in [-0.05, 0) is 20.8 Å². The molecule has 0 amide bonds. The zero-order valence-corrected chi connectivity index (χ0v) is 14.5. The molecule has 0 spiro atoms. The second kappa shape index (κ2) is 5.59. The van der Waals surface area contributed by atoms with Crippen molar-refractivity contribution in [2.45, 2.75) is 33.0 Å². The molecule has 2 atom stereocenters. The fourth-order valence-corrected chi connectivity index (χ4v) is 3.39. The van der Waals surface area contributed by atoms with Crippen molar-refractivity contribution >= 4 is 11.5 Å². The summed E-state index contributed by atoms with van der Waals surface area (Å²) in [5.41, 5.74) is 2.65. The van der Waals surface area contributed by atoms with Crippen LogP contribution in [-0.4, -0.2) is 49.4 Å². The minimum Gasteiger partial charge on any atom is -0.372 e. The predicted octanol–water partition coefficient (Wildman–Crippen LogP) is 2.05. The van der Waals surface area contributed by atoms with Gasteiger partial charge in [0, 0.05) is 50.4 Å². The third kappa shape index (κ3) is 2.54. The van der Waals surface area contributed by atoms with E-state index >= 15 is 0 Å². The summed E-state index contributed by atoms with van der Waals surface area (Å²) in [6.45, 7) is 7.93. The summed E-state index contributed by atoms with van der Waals surface area (Å²) in [4.78, 5) is 11.4. The van der Waals surface area contributed by atoms with Gasteiger partial charge in [0.25, 0.3) is 0 Å². The average Bonchev–Trinajstić information content (AvgIpc) is 3.10. The van der Waals surface area contributed by atoms with E-state index in [2.05, 4.69) is 34.8 Å². The molecule has 3 aromatic heterocycles. The first-order valence-corrected chi connectivity index (χ1v) is 8.27. The molecule has 4 rings (SSSR count). The molecule has 2 unspecified atom stereocenters. The molecule has 0 N–H and O–H groups in total. The molecule has 24 heavy (non-hydrogen) atoms. The van der Waals surface area contributed by atoms with Crippen molar-refractivity contribution in [1.82, 2.24) is 24.1 Å². The van der Waals surface area contributed by atoms with E-state index < -0.39 is 0 Å². The molecule has 3 aromatic rings. The molecular weight excluding hydrogens is 304 g/mol. The topological polar surface area (TPSA) is 60.5 Å². The van der Waals surface area contributed by atoms with E-state index in [-0.39, 0.29) is 12.2 Å². The van der Waals surface area contributed by atoms with Gasteiger partial charge in [-0.1, -0.05) is 0 Å². The van der Waals surface area contributed by atoms with Crippen LogP contribution in [0, 0.1) is 6.92 Å². The Kier molecular flexibility index (Phi) is 3.53. The zero-order valence-electron chi connectivity index (χ0n) is 14.5. The second-order valence-corrected chi connectivity index (χ2v) is 6.58. The van der Waals surface area contributed by atoms with Crippen LogP contribution in [0.1, 0.15) is 19.5 Å². The lowest BCUT2D eigenvalue weighted by Crippen LogP contribution is -2.46. The lowest BCUT2D eigenvalue weighted by Gasteiger charge is -2.36. The first-order valence-electron chi connectivity index (χ1n) is 8.27. The van der Waals surface area contributed by atoms with Crippen molar-refractivity contribution < 1.29 is 4.74 Å². The Morgan fingerprint density at radius 3 is 2.58 bits per heavy atom. The number of hydrogen-bond acceptors (Lipinski definition) is 5. The first-order chi connectivity index (χ1) is 11.5. The molecule has 0 saturated carbocycles. The summed E-state index contributed by atoms with van der Waals surface area (Å²) < 4.78 is 9.74. The molecule has 0 bridgehead atoms. The smallest absolute Gasteiger partial charge is 0.160 e. The maximum Gasteiger partial charge on any atom is 0.160 e. The Hall–Kier alpha value is -2.41. The summed E-state index contributed by atoms with van der Waals surface area (Å²) in [7, 11) is 1.97. The zero-order chi connectivity index (χ0) is 16.8. The predicted molar refractivity (Wildman–Crippen MR) is 92.1 cm³/mol. The van der Waals surface area contributed by atoms with E-state index in [0.717, 1.165) is 41.8 Å². The molecule has 126 valence electrons.